The number of carbonyl (C=O) groups excluding carboxylic acids is 1. The molecule has 2 aromatic carbocycles. The number of hydrogen-bond donors (Lipinski definition) is 1. The number of allylic oxidation sites excluding steroid dienone is 3. The highest BCUT2D eigenvalue weighted by Gasteiger charge is 2.44. The fraction of sp³-hybridized carbons (Fsp3) is 0.308. The molecule has 4 rings (SSSR count). The van der Waals surface area contributed by atoms with Crippen LogP contribution in [-0.4, -0.2) is 12.0 Å². The lowest BCUT2D eigenvalue weighted by atomic mass is 9.68. The van der Waals surface area contributed by atoms with Gasteiger partial charge < -0.3 is 5.73 Å². The number of rotatable bonds is 3. The molecule has 1 aliphatic heterocycles. The molecule has 0 unspecified atom stereocenters. The highest BCUT2D eigenvalue weighted by Crippen LogP contribution is 2.50. The van der Waals surface area contributed by atoms with Crippen molar-refractivity contribution < 1.29 is 4.79 Å². The maximum atomic E-state index is 13.6. The van der Waals surface area contributed by atoms with E-state index < -0.39 is 5.92 Å². The smallest absolute Gasteiger partial charge is 0.162 e. The average molecular weight is 464 g/mol. The van der Waals surface area contributed by atoms with Gasteiger partial charge in [-0.15, -0.1) is 11.8 Å². The molecule has 6 heteroatoms. The van der Waals surface area contributed by atoms with Gasteiger partial charge in [0.25, 0.3) is 0 Å². The maximum Gasteiger partial charge on any atom is 0.162 e. The summed E-state index contributed by atoms with van der Waals surface area (Å²) in [5.74, 6) is -0.0357. The Bertz CT molecular complexity index is 1200. The van der Waals surface area contributed by atoms with Crippen molar-refractivity contribution in [1.82, 2.24) is 0 Å². The van der Waals surface area contributed by atoms with Gasteiger partial charge in [0, 0.05) is 27.6 Å². The first-order chi connectivity index (χ1) is 15.2. The zero-order valence-electron chi connectivity index (χ0n) is 18.7. The lowest BCUT2D eigenvalue weighted by Crippen LogP contribution is -2.42. The first-order valence-electron chi connectivity index (χ1n) is 10.5. The first kappa shape index (κ1) is 22.5. The minimum absolute atomic E-state index is 0.0696. The first-order valence-corrected chi connectivity index (χ1v) is 12.1. The van der Waals surface area contributed by atoms with E-state index >= 15 is 0 Å². The van der Waals surface area contributed by atoms with Gasteiger partial charge in [0.2, 0.25) is 0 Å². The lowest BCUT2D eigenvalue weighted by molar-refractivity contribution is -0.118. The Morgan fingerprint density at radius 3 is 2.50 bits per heavy atom. The van der Waals surface area contributed by atoms with Crippen molar-refractivity contribution in [1.29, 1.82) is 5.26 Å². The molecule has 0 saturated heterocycles. The Labute approximate surface area is 198 Å². The monoisotopic (exact) mass is 463 g/mol. The van der Waals surface area contributed by atoms with Crippen LogP contribution in [0.25, 0.3) is 0 Å². The standard InChI is InChI=1S/C26H26ClN3OS/c1-15-19(27)6-5-7-20(15)30-21-12-26(2,3)13-22(31)24(21)23(18(14-28)25(30)29)16-8-10-17(32-4)11-9-16/h5-11,23H,12-13,29H2,1-4H3/t23-/m0/s1. The average Bonchev–Trinajstić information content (AvgIpc) is 2.75. The summed E-state index contributed by atoms with van der Waals surface area (Å²) in [6.45, 7) is 6.12. The van der Waals surface area contributed by atoms with Crippen LogP contribution in [0.3, 0.4) is 0 Å². The van der Waals surface area contributed by atoms with Crippen LogP contribution in [0.15, 0.2) is 70.0 Å². The number of nitrogens with two attached hydrogens (primary N) is 1. The quantitative estimate of drug-likeness (QED) is 0.540. The van der Waals surface area contributed by atoms with E-state index in [1.54, 1.807) is 11.8 Å². The van der Waals surface area contributed by atoms with E-state index in [0.717, 1.165) is 27.4 Å². The Balaban J connectivity index is 2.00. The molecule has 0 amide bonds. The minimum atomic E-state index is -0.467. The zero-order chi connectivity index (χ0) is 23.2. The molecule has 0 saturated carbocycles. The number of anilines is 1. The number of carbonyl (C=O) groups is 1. The summed E-state index contributed by atoms with van der Waals surface area (Å²) in [5.41, 5.74) is 11.0. The summed E-state index contributed by atoms with van der Waals surface area (Å²) in [7, 11) is 0. The van der Waals surface area contributed by atoms with Gasteiger partial charge in [-0.2, -0.15) is 5.26 Å². The highest BCUT2D eigenvalue weighted by atomic mass is 35.5. The van der Waals surface area contributed by atoms with Crippen molar-refractivity contribution in [2.45, 2.75) is 44.4 Å². The highest BCUT2D eigenvalue weighted by molar-refractivity contribution is 7.98. The molecule has 0 aromatic heterocycles. The molecule has 2 N–H and O–H groups in total. The van der Waals surface area contributed by atoms with Crippen molar-refractivity contribution in [3.8, 4) is 6.07 Å². The van der Waals surface area contributed by atoms with E-state index in [4.69, 9.17) is 17.3 Å². The van der Waals surface area contributed by atoms with Gasteiger partial charge in [-0.1, -0.05) is 43.6 Å². The van der Waals surface area contributed by atoms with E-state index in [0.29, 0.717) is 34.8 Å². The molecule has 2 aromatic rings. The molecule has 1 atom stereocenters. The number of Topliss-reactive ketones (excluding diaryl/α,β-unsaturated/α-hetero) is 1. The molecule has 4 nitrogen and oxygen atoms in total. The molecule has 32 heavy (non-hydrogen) atoms. The molecule has 1 aliphatic carbocycles. The van der Waals surface area contributed by atoms with Gasteiger partial charge >= 0.3 is 0 Å². The van der Waals surface area contributed by atoms with Gasteiger partial charge in [0.05, 0.1) is 23.2 Å². The predicted molar refractivity (Wildman–Crippen MR) is 132 cm³/mol. The molecule has 164 valence electrons. The molecule has 0 spiro atoms. The van der Waals surface area contributed by atoms with E-state index in [9.17, 15) is 10.1 Å². The van der Waals surface area contributed by atoms with Crippen molar-refractivity contribution >= 4 is 34.8 Å². The number of halogens is 1. The van der Waals surface area contributed by atoms with Crippen molar-refractivity contribution in [3.05, 3.63) is 81.3 Å². The van der Waals surface area contributed by atoms with Gasteiger partial charge in [0.15, 0.2) is 5.78 Å². The molecule has 0 fully saturated rings. The Kier molecular flexibility index (Phi) is 5.87. The SMILES string of the molecule is CSc1ccc([C@H]2C(C#N)=C(N)N(c3cccc(Cl)c3C)C3=C2C(=O)CC(C)(C)C3)cc1. The normalized spacial score (nSPS) is 20.3. The van der Waals surface area contributed by atoms with Gasteiger partial charge in [-0.25, -0.2) is 0 Å². The topological polar surface area (TPSA) is 70.1 Å². The predicted octanol–water partition coefficient (Wildman–Crippen LogP) is 6.31. The van der Waals surface area contributed by atoms with Crippen LogP contribution in [0.1, 0.15) is 43.7 Å². The minimum Gasteiger partial charge on any atom is -0.384 e. The summed E-state index contributed by atoms with van der Waals surface area (Å²) in [6, 6.07) is 16.0. The Hall–Kier alpha value is -2.68. The molecule has 0 bridgehead atoms. The summed E-state index contributed by atoms with van der Waals surface area (Å²) >= 11 is 8.08. The molecular formula is C26H26ClN3OS. The van der Waals surface area contributed by atoms with Crippen molar-refractivity contribution in [2.24, 2.45) is 11.1 Å². The summed E-state index contributed by atoms with van der Waals surface area (Å²) in [6.07, 6.45) is 3.14. The summed E-state index contributed by atoms with van der Waals surface area (Å²) in [4.78, 5) is 16.6. The second kappa shape index (κ2) is 8.35. The van der Waals surface area contributed by atoms with Gasteiger partial charge in [0.1, 0.15) is 5.82 Å². The third-order valence-electron chi connectivity index (χ3n) is 6.31. The molecule has 2 aliphatic rings. The van der Waals surface area contributed by atoms with Crippen LogP contribution >= 0.6 is 23.4 Å². The Morgan fingerprint density at radius 1 is 1.19 bits per heavy atom. The van der Waals surface area contributed by atoms with Crippen LogP contribution in [-0.2, 0) is 4.79 Å². The van der Waals surface area contributed by atoms with Crippen LogP contribution < -0.4 is 10.6 Å². The number of nitriles is 1. The van der Waals surface area contributed by atoms with Crippen LogP contribution in [0.5, 0.6) is 0 Å². The Morgan fingerprint density at radius 2 is 1.88 bits per heavy atom. The number of nitrogens with zero attached hydrogens (tertiary/aromatic N) is 2. The second-order valence-electron chi connectivity index (χ2n) is 9.14. The van der Waals surface area contributed by atoms with Gasteiger partial charge in [-0.05, 0) is 60.4 Å². The summed E-state index contributed by atoms with van der Waals surface area (Å²) in [5, 5.41) is 10.8. The van der Waals surface area contributed by atoms with Crippen molar-refractivity contribution in [2.75, 3.05) is 11.2 Å². The zero-order valence-corrected chi connectivity index (χ0v) is 20.3. The number of thioether (sulfide) groups is 1. The molecular weight excluding hydrogens is 438 g/mol. The van der Waals surface area contributed by atoms with Crippen LogP contribution in [0.4, 0.5) is 5.69 Å². The number of ketones is 1. The number of benzene rings is 2. The third kappa shape index (κ3) is 3.72. The fourth-order valence-corrected chi connectivity index (χ4v) is 5.33. The largest absolute Gasteiger partial charge is 0.384 e. The molecule has 1 heterocycles. The summed E-state index contributed by atoms with van der Waals surface area (Å²) < 4.78 is 0. The fourth-order valence-electron chi connectivity index (χ4n) is 4.75. The van der Waals surface area contributed by atoms with E-state index in [2.05, 4.69) is 19.9 Å². The number of hydrogen-bond acceptors (Lipinski definition) is 5. The van der Waals surface area contributed by atoms with E-state index in [1.165, 1.54) is 0 Å². The van der Waals surface area contributed by atoms with Crippen LogP contribution in [0.2, 0.25) is 5.02 Å². The van der Waals surface area contributed by atoms with E-state index in [-0.39, 0.29) is 11.2 Å². The van der Waals surface area contributed by atoms with E-state index in [1.807, 2.05) is 60.5 Å². The van der Waals surface area contributed by atoms with Crippen LogP contribution in [0, 0.1) is 23.7 Å². The van der Waals surface area contributed by atoms with Crippen molar-refractivity contribution in [3.63, 3.8) is 0 Å². The van der Waals surface area contributed by atoms with Gasteiger partial charge in [-0.3, -0.25) is 9.69 Å². The third-order valence-corrected chi connectivity index (χ3v) is 7.46. The molecule has 0 radical (unpaired) electrons. The second-order valence-corrected chi connectivity index (χ2v) is 10.4. The maximum absolute atomic E-state index is 13.6. The lowest BCUT2D eigenvalue weighted by Gasteiger charge is -2.44.